The van der Waals surface area contributed by atoms with Crippen LogP contribution in [0.4, 0.5) is 17.2 Å². The Hall–Kier alpha value is -6.51. The molecule has 0 saturated heterocycles. The number of rotatable bonds is 6. The summed E-state index contributed by atoms with van der Waals surface area (Å²) in [7, 11) is 0. The summed E-state index contributed by atoms with van der Waals surface area (Å²) in [4.78, 5) is 7.35. The Morgan fingerprint density at radius 1 is 0.347 bits per heavy atom. The van der Waals surface area contributed by atoms with Crippen LogP contribution in [0.1, 0.15) is 0 Å². The summed E-state index contributed by atoms with van der Waals surface area (Å²) in [6, 6.07) is 67.4. The molecule has 9 aromatic rings. The van der Waals surface area contributed by atoms with Crippen molar-refractivity contribution in [3.8, 4) is 33.4 Å². The molecule has 0 bridgehead atoms. The first-order valence-corrected chi connectivity index (χ1v) is 16.7. The van der Waals surface area contributed by atoms with Crippen molar-refractivity contribution in [2.75, 3.05) is 4.90 Å². The third-order valence-corrected chi connectivity index (χ3v) is 9.43. The van der Waals surface area contributed by atoms with Crippen LogP contribution < -0.4 is 4.90 Å². The topological polar surface area (TPSA) is 16.1 Å². The normalized spacial score (nSPS) is 11.3. The van der Waals surface area contributed by atoms with Crippen LogP contribution in [-0.2, 0) is 0 Å². The van der Waals surface area contributed by atoms with Crippen molar-refractivity contribution < 1.29 is 0 Å². The van der Waals surface area contributed by atoms with E-state index in [1.165, 1.54) is 54.6 Å². The van der Waals surface area contributed by atoms with E-state index >= 15 is 0 Å². The molecule has 49 heavy (non-hydrogen) atoms. The molecule has 0 atom stereocenters. The molecule has 2 heteroatoms. The highest BCUT2D eigenvalue weighted by Crippen LogP contribution is 2.48. The van der Waals surface area contributed by atoms with Crippen LogP contribution in [0.2, 0.25) is 0 Å². The van der Waals surface area contributed by atoms with E-state index < -0.39 is 0 Å². The van der Waals surface area contributed by atoms with Crippen molar-refractivity contribution in [3.63, 3.8) is 0 Å². The van der Waals surface area contributed by atoms with Crippen LogP contribution in [0.5, 0.6) is 0 Å². The fourth-order valence-corrected chi connectivity index (χ4v) is 7.20. The number of benzene rings is 8. The monoisotopic (exact) mass is 624 g/mol. The zero-order chi connectivity index (χ0) is 32.6. The summed E-state index contributed by atoms with van der Waals surface area (Å²) < 4.78 is 0. The zero-order valence-corrected chi connectivity index (χ0v) is 26.9. The van der Waals surface area contributed by atoms with E-state index in [1.54, 1.807) is 0 Å². The first kappa shape index (κ1) is 28.7. The first-order chi connectivity index (χ1) is 24.3. The van der Waals surface area contributed by atoms with Crippen molar-refractivity contribution in [2.24, 2.45) is 0 Å². The lowest BCUT2D eigenvalue weighted by molar-refractivity contribution is 1.19. The van der Waals surface area contributed by atoms with E-state index in [2.05, 4.69) is 187 Å². The van der Waals surface area contributed by atoms with Gasteiger partial charge in [-0.15, -0.1) is 0 Å². The van der Waals surface area contributed by atoms with Crippen molar-refractivity contribution in [1.29, 1.82) is 0 Å². The molecule has 0 unspecified atom stereocenters. The van der Waals surface area contributed by atoms with E-state index in [9.17, 15) is 0 Å². The molecule has 230 valence electrons. The Morgan fingerprint density at radius 3 is 1.47 bits per heavy atom. The van der Waals surface area contributed by atoms with Gasteiger partial charge >= 0.3 is 0 Å². The highest BCUT2D eigenvalue weighted by molar-refractivity contribution is 6.22. The molecule has 0 amide bonds. The van der Waals surface area contributed by atoms with E-state index in [0.29, 0.717) is 0 Å². The molecule has 0 fully saturated rings. The van der Waals surface area contributed by atoms with E-state index in [4.69, 9.17) is 4.98 Å². The third-order valence-electron chi connectivity index (χ3n) is 9.43. The minimum Gasteiger partial charge on any atom is -0.294 e. The SMILES string of the molecule is c1ccc(-c2cc(-c3ccccc3)cc(N(c3ccccn3)c3c4ccccc4c(-c4ccc5ccccc5c4)c4ccccc34)c2)cc1. The Morgan fingerprint density at radius 2 is 0.878 bits per heavy atom. The number of nitrogens with zero attached hydrogens (tertiary/aromatic N) is 2. The minimum absolute atomic E-state index is 0.862. The molecule has 8 aromatic carbocycles. The fourth-order valence-electron chi connectivity index (χ4n) is 7.20. The van der Waals surface area contributed by atoms with Gasteiger partial charge in [0.2, 0.25) is 0 Å². The molecule has 0 saturated carbocycles. The lowest BCUT2D eigenvalue weighted by Gasteiger charge is -2.29. The predicted molar refractivity (Wildman–Crippen MR) is 208 cm³/mol. The van der Waals surface area contributed by atoms with Crippen LogP contribution in [0, 0.1) is 0 Å². The second-order valence-electron chi connectivity index (χ2n) is 12.4. The van der Waals surface area contributed by atoms with Gasteiger partial charge in [0.05, 0.1) is 5.69 Å². The van der Waals surface area contributed by atoms with Gasteiger partial charge in [-0.2, -0.15) is 0 Å². The maximum absolute atomic E-state index is 4.99. The number of anilines is 3. The third kappa shape index (κ3) is 5.21. The molecule has 9 rings (SSSR count). The lowest BCUT2D eigenvalue weighted by Crippen LogP contribution is -2.13. The second-order valence-corrected chi connectivity index (χ2v) is 12.4. The van der Waals surface area contributed by atoms with E-state index in [0.717, 1.165) is 28.3 Å². The Balaban J connectivity index is 1.38. The highest BCUT2D eigenvalue weighted by atomic mass is 15.2. The first-order valence-electron chi connectivity index (χ1n) is 16.7. The van der Waals surface area contributed by atoms with Crippen molar-refractivity contribution >= 4 is 49.5 Å². The fraction of sp³-hybridized carbons (Fsp3) is 0. The molecular weight excluding hydrogens is 593 g/mol. The van der Waals surface area contributed by atoms with Gasteiger partial charge in [0.15, 0.2) is 0 Å². The smallest absolute Gasteiger partial charge is 0.137 e. The summed E-state index contributed by atoms with van der Waals surface area (Å²) in [5, 5.41) is 7.22. The summed E-state index contributed by atoms with van der Waals surface area (Å²) in [6.45, 7) is 0. The van der Waals surface area contributed by atoms with E-state index in [1.807, 2.05) is 12.3 Å². The van der Waals surface area contributed by atoms with Crippen LogP contribution in [-0.4, -0.2) is 4.98 Å². The molecule has 0 aliphatic carbocycles. The van der Waals surface area contributed by atoms with Crippen molar-refractivity contribution in [3.05, 3.63) is 194 Å². The van der Waals surface area contributed by atoms with Gasteiger partial charge in [0, 0.05) is 22.7 Å². The van der Waals surface area contributed by atoms with Gasteiger partial charge in [-0.25, -0.2) is 4.98 Å². The quantitative estimate of drug-likeness (QED) is 0.171. The average Bonchev–Trinajstić information content (AvgIpc) is 3.18. The van der Waals surface area contributed by atoms with Gasteiger partial charge < -0.3 is 0 Å². The predicted octanol–water partition coefficient (Wildman–Crippen LogP) is 13.0. The highest BCUT2D eigenvalue weighted by Gasteiger charge is 2.23. The molecule has 0 aliphatic heterocycles. The largest absolute Gasteiger partial charge is 0.294 e. The maximum atomic E-state index is 4.99. The summed E-state index contributed by atoms with van der Waals surface area (Å²) >= 11 is 0. The zero-order valence-electron chi connectivity index (χ0n) is 26.9. The Bertz CT molecular complexity index is 2480. The molecule has 1 aromatic heterocycles. The summed E-state index contributed by atoms with van der Waals surface area (Å²) in [5.41, 5.74) is 9.25. The maximum Gasteiger partial charge on any atom is 0.137 e. The number of hydrogen-bond donors (Lipinski definition) is 0. The minimum atomic E-state index is 0.862. The molecule has 2 nitrogen and oxygen atoms in total. The van der Waals surface area contributed by atoms with Crippen LogP contribution >= 0.6 is 0 Å². The van der Waals surface area contributed by atoms with E-state index in [-0.39, 0.29) is 0 Å². The molecular formula is C47H32N2. The van der Waals surface area contributed by atoms with Gasteiger partial charge in [-0.05, 0) is 91.3 Å². The molecule has 0 aliphatic rings. The van der Waals surface area contributed by atoms with Gasteiger partial charge in [-0.3, -0.25) is 4.90 Å². The molecule has 0 spiro atoms. The number of hydrogen-bond acceptors (Lipinski definition) is 2. The van der Waals surface area contributed by atoms with Crippen LogP contribution in [0.25, 0.3) is 65.7 Å². The van der Waals surface area contributed by atoms with Crippen molar-refractivity contribution in [1.82, 2.24) is 4.98 Å². The van der Waals surface area contributed by atoms with Gasteiger partial charge in [0.25, 0.3) is 0 Å². The molecule has 1 heterocycles. The number of fused-ring (bicyclic) bond motifs is 3. The standard InChI is InChI=1S/C47H32N2/c1-3-15-33(16-4-1)38-30-39(34-17-5-2-6-18-34)32-40(31-38)49(45-25-13-14-28-48-45)47-43-23-11-9-21-41(43)46(42-22-10-12-24-44(42)47)37-27-26-35-19-7-8-20-36(35)29-37/h1-32H. The van der Waals surface area contributed by atoms with Gasteiger partial charge in [0.1, 0.15) is 5.82 Å². The summed E-state index contributed by atoms with van der Waals surface area (Å²) in [5.74, 6) is 0.862. The van der Waals surface area contributed by atoms with Crippen LogP contribution in [0.3, 0.4) is 0 Å². The second kappa shape index (κ2) is 12.3. The van der Waals surface area contributed by atoms with Crippen molar-refractivity contribution in [2.45, 2.75) is 0 Å². The Labute approximate surface area is 286 Å². The summed E-state index contributed by atoms with van der Waals surface area (Å²) in [6.07, 6.45) is 1.88. The number of aromatic nitrogens is 1. The van der Waals surface area contributed by atoms with Gasteiger partial charge in [-0.1, -0.05) is 152 Å². The Kier molecular flexibility index (Phi) is 7.18. The lowest BCUT2D eigenvalue weighted by atomic mass is 9.89. The van der Waals surface area contributed by atoms with Crippen LogP contribution in [0.15, 0.2) is 194 Å². The molecule has 0 radical (unpaired) electrons. The average molecular weight is 625 g/mol. The number of pyridine rings is 1. The molecule has 0 N–H and O–H groups in total.